The summed E-state index contributed by atoms with van der Waals surface area (Å²) in [6.07, 6.45) is 3.78. The third-order valence-corrected chi connectivity index (χ3v) is 4.22. The van der Waals surface area contributed by atoms with Crippen molar-refractivity contribution in [3.8, 4) is 0 Å². The van der Waals surface area contributed by atoms with Crippen LogP contribution >= 0.6 is 0 Å². The molecule has 6 heteroatoms. The van der Waals surface area contributed by atoms with Gasteiger partial charge in [-0.1, -0.05) is 25.5 Å². The second kappa shape index (κ2) is 8.49. The van der Waals surface area contributed by atoms with Gasteiger partial charge in [-0.2, -0.15) is 0 Å². The molecule has 27 heavy (non-hydrogen) atoms. The highest BCUT2D eigenvalue weighted by Crippen LogP contribution is 2.17. The van der Waals surface area contributed by atoms with Crippen LogP contribution in [0.1, 0.15) is 41.4 Å². The van der Waals surface area contributed by atoms with Crippen molar-refractivity contribution in [2.45, 2.75) is 33.3 Å². The van der Waals surface area contributed by atoms with Gasteiger partial charge in [0.15, 0.2) is 0 Å². The van der Waals surface area contributed by atoms with E-state index >= 15 is 0 Å². The van der Waals surface area contributed by atoms with Crippen LogP contribution < -0.4 is 10.9 Å². The lowest BCUT2D eigenvalue weighted by atomic mass is 10.1. The molecule has 0 aliphatic rings. The monoisotopic (exact) mass is 365 g/mol. The number of ether oxygens (including phenoxy) is 1. The lowest BCUT2D eigenvalue weighted by Crippen LogP contribution is -2.17. The molecule has 2 aromatic heterocycles. The molecular weight excluding hydrogens is 342 g/mol. The molecule has 0 aliphatic carbocycles. The zero-order chi connectivity index (χ0) is 19.2. The van der Waals surface area contributed by atoms with E-state index < -0.39 is 5.97 Å². The standard InChI is InChI=1S/C21H23N3O3/c1-3-4-10-22-18-8-6-5-7-17(18)21(26)27-14-16-13-20(25)24-11-9-15(2)12-19(24)23-16/h5-9,11-13,22H,3-4,10,14H2,1-2H3. The van der Waals surface area contributed by atoms with Gasteiger partial charge in [-0.05, 0) is 43.2 Å². The van der Waals surface area contributed by atoms with E-state index in [2.05, 4.69) is 17.2 Å². The van der Waals surface area contributed by atoms with Gasteiger partial charge in [0.25, 0.3) is 5.56 Å². The lowest BCUT2D eigenvalue weighted by molar-refractivity contribution is 0.0469. The average Bonchev–Trinajstić information content (AvgIpc) is 2.66. The molecule has 0 spiro atoms. The summed E-state index contributed by atoms with van der Waals surface area (Å²) in [6, 6.07) is 12.3. The van der Waals surface area contributed by atoms with Crippen molar-refractivity contribution in [1.82, 2.24) is 9.38 Å². The molecule has 3 aromatic rings. The number of benzene rings is 1. The number of anilines is 1. The zero-order valence-corrected chi connectivity index (χ0v) is 15.6. The van der Waals surface area contributed by atoms with Crippen molar-refractivity contribution in [3.05, 3.63) is 75.8 Å². The number of nitrogens with zero attached hydrogens (tertiary/aromatic N) is 2. The van der Waals surface area contributed by atoms with Crippen LogP contribution in [0.2, 0.25) is 0 Å². The number of carbonyl (C=O) groups is 1. The van der Waals surface area contributed by atoms with Crippen LogP contribution in [0.25, 0.3) is 5.65 Å². The maximum Gasteiger partial charge on any atom is 0.340 e. The van der Waals surface area contributed by atoms with E-state index in [0.29, 0.717) is 16.9 Å². The van der Waals surface area contributed by atoms with E-state index in [-0.39, 0.29) is 12.2 Å². The van der Waals surface area contributed by atoms with Crippen molar-refractivity contribution < 1.29 is 9.53 Å². The molecule has 0 unspecified atom stereocenters. The Morgan fingerprint density at radius 1 is 1.22 bits per heavy atom. The van der Waals surface area contributed by atoms with Crippen LogP contribution in [0.3, 0.4) is 0 Å². The second-order valence-electron chi connectivity index (χ2n) is 6.42. The summed E-state index contributed by atoms with van der Waals surface area (Å²) in [5.74, 6) is -0.444. The Balaban J connectivity index is 1.74. The Labute approximate surface area is 157 Å². The van der Waals surface area contributed by atoms with E-state index in [0.717, 1.165) is 30.6 Å². The van der Waals surface area contributed by atoms with Gasteiger partial charge < -0.3 is 10.1 Å². The number of pyridine rings is 1. The Kier molecular flexibility index (Phi) is 5.86. The molecule has 0 atom stereocenters. The highest BCUT2D eigenvalue weighted by molar-refractivity contribution is 5.95. The molecule has 6 nitrogen and oxygen atoms in total. The van der Waals surface area contributed by atoms with Gasteiger partial charge in [-0.3, -0.25) is 9.20 Å². The lowest BCUT2D eigenvalue weighted by Gasteiger charge is -2.11. The quantitative estimate of drug-likeness (QED) is 0.512. The molecule has 0 aliphatic heterocycles. The fourth-order valence-electron chi connectivity index (χ4n) is 2.76. The first-order chi connectivity index (χ1) is 13.1. The van der Waals surface area contributed by atoms with Crippen LogP contribution in [0, 0.1) is 6.92 Å². The molecular formula is C21H23N3O3. The number of unbranched alkanes of at least 4 members (excludes halogenated alkanes) is 1. The first-order valence-corrected chi connectivity index (χ1v) is 9.07. The molecule has 0 bridgehead atoms. The molecule has 0 fully saturated rings. The summed E-state index contributed by atoms with van der Waals surface area (Å²) in [5.41, 5.74) is 2.99. The van der Waals surface area contributed by atoms with Crippen molar-refractivity contribution in [2.24, 2.45) is 0 Å². The van der Waals surface area contributed by atoms with Gasteiger partial charge in [-0.15, -0.1) is 0 Å². The van der Waals surface area contributed by atoms with Crippen molar-refractivity contribution >= 4 is 17.3 Å². The number of rotatable bonds is 7. The van der Waals surface area contributed by atoms with Crippen LogP contribution in [0.5, 0.6) is 0 Å². The molecule has 0 saturated carbocycles. The summed E-state index contributed by atoms with van der Waals surface area (Å²) in [5, 5.41) is 3.26. The van der Waals surface area contributed by atoms with Crippen LogP contribution in [0.15, 0.2) is 53.5 Å². The van der Waals surface area contributed by atoms with E-state index in [4.69, 9.17) is 4.74 Å². The fraction of sp³-hybridized carbons (Fsp3) is 0.286. The van der Waals surface area contributed by atoms with Gasteiger partial charge in [0.1, 0.15) is 12.3 Å². The average molecular weight is 365 g/mol. The summed E-state index contributed by atoms with van der Waals surface area (Å²) >= 11 is 0. The first-order valence-electron chi connectivity index (χ1n) is 9.07. The number of para-hydroxylation sites is 1. The van der Waals surface area contributed by atoms with Gasteiger partial charge in [-0.25, -0.2) is 9.78 Å². The highest BCUT2D eigenvalue weighted by atomic mass is 16.5. The second-order valence-corrected chi connectivity index (χ2v) is 6.42. The number of fused-ring (bicyclic) bond motifs is 1. The summed E-state index contributed by atoms with van der Waals surface area (Å²) in [4.78, 5) is 29.1. The van der Waals surface area contributed by atoms with E-state index in [9.17, 15) is 9.59 Å². The maximum atomic E-state index is 12.5. The van der Waals surface area contributed by atoms with Crippen molar-refractivity contribution in [3.63, 3.8) is 0 Å². The molecule has 1 aromatic carbocycles. The molecule has 1 N–H and O–H groups in total. The Morgan fingerprint density at radius 2 is 2.04 bits per heavy atom. The van der Waals surface area contributed by atoms with E-state index in [1.807, 2.05) is 31.2 Å². The Bertz CT molecular complexity index is 1010. The third kappa shape index (κ3) is 4.53. The predicted octanol–water partition coefficient (Wildman–Crippen LogP) is 3.57. The highest BCUT2D eigenvalue weighted by Gasteiger charge is 2.13. The fourth-order valence-corrected chi connectivity index (χ4v) is 2.76. The Morgan fingerprint density at radius 3 is 2.85 bits per heavy atom. The minimum atomic E-state index is -0.444. The molecule has 0 saturated heterocycles. The molecule has 3 rings (SSSR count). The number of aromatic nitrogens is 2. The van der Waals surface area contributed by atoms with Crippen molar-refractivity contribution in [1.29, 1.82) is 0 Å². The normalized spacial score (nSPS) is 10.7. The third-order valence-electron chi connectivity index (χ3n) is 4.22. The molecule has 2 heterocycles. The molecule has 140 valence electrons. The number of hydrogen-bond donors (Lipinski definition) is 1. The van der Waals surface area contributed by atoms with E-state index in [1.165, 1.54) is 10.5 Å². The number of hydrogen-bond acceptors (Lipinski definition) is 5. The number of carbonyl (C=O) groups excluding carboxylic acids is 1. The smallest absolute Gasteiger partial charge is 0.340 e. The summed E-state index contributed by atoms with van der Waals surface area (Å²) < 4.78 is 6.87. The van der Waals surface area contributed by atoms with Gasteiger partial charge in [0.05, 0.1) is 11.3 Å². The predicted molar refractivity (Wildman–Crippen MR) is 105 cm³/mol. The summed E-state index contributed by atoms with van der Waals surface area (Å²) in [6.45, 7) is 4.79. The van der Waals surface area contributed by atoms with Crippen LogP contribution in [-0.4, -0.2) is 21.9 Å². The van der Waals surface area contributed by atoms with Gasteiger partial charge >= 0.3 is 5.97 Å². The maximum absolute atomic E-state index is 12.5. The van der Waals surface area contributed by atoms with Gasteiger partial charge in [0.2, 0.25) is 0 Å². The zero-order valence-electron chi connectivity index (χ0n) is 15.6. The number of esters is 1. The Hall–Kier alpha value is -3.15. The van der Waals surface area contributed by atoms with Crippen molar-refractivity contribution in [2.75, 3.05) is 11.9 Å². The largest absolute Gasteiger partial charge is 0.456 e. The van der Waals surface area contributed by atoms with Crippen LogP contribution in [0.4, 0.5) is 5.69 Å². The number of aryl methyl sites for hydroxylation is 1. The topological polar surface area (TPSA) is 72.7 Å². The van der Waals surface area contributed by atoms with Crippen LogP contribution in [-0.2, 0) is 11.3 Å². The molecule has 0 radical (unpaired) electrons. The first kappa shape index (κ1) is 18.6. The van der Waals surface area contributed by atoms with E-state index in [1.54, 1.807) is 18.3 Å². The number of nitrogens with one attached hydrogen (secondary N) is 1. The minimum Gasteiger partial charge on any atom is -0.456 e. The molecule has 0 amide bonds. The minimum absolute atomic E-state index is 0.0538. The van der Waals surface area contributed by atoms with Gasteiger partial charge in [0, 0.05) is 24.5 Å². The summed E-state index contributed by atoms with van der Waals surface area (Å²) in [7, 11) is 0. The SMILES string of the molecule is CCCCNc1ccccc1C(=O)OCc1cc(=O)n2ccc(C)cc2n1.